The maximum absolute atomic E-state index is 14.0. The molecule has 1 aromatic heterocycles. The molecule has 11 heteroatoms. The molecule has 4 aromatic rings. The molecule has 0 aliphatic carbocycles. The largest absolute Gasteiger partial charge is 0.494 e. The number of amides is 2. The SMILES string of the molecule is CNCC(Nc1ncnc2c(OC(N)=O)cccc12)c1cccc(NC(=O)c2ccc(OC)c(F)c2)c1. The molecule has 4 rings (SSSR count). The number of methoxy groups -OCH3 is 1. The second kappa shape index (κ2) is 11.3. The Bertz CT molecular complexity index is 1450. The molecule has 0 aliphatic rings. The Kier molecular flexibility index (Phi) is 7.74. The van der Waals surface area contributed by atoms with E-state index in [2.05, 4.69) is 25.9 Å². The van der Waals surface area contributed by atoms with Gasteiger partial charge < -0.3 is 31.2 Å². The molecule has 0 radical (unpaired) electrons. The summed E-state index contributed by atoms with van der Waals surface area (Å²) in [6.07, 6.45) is 0.421. The molecular formula is C26H25FN6O4. The first kappa shape index (κ1) is 25.3. The second-order valence-electron chi connectivity index (χ2n) is 7.98. The summed E-state index contributed by atoms with van der Waals surface area (Å²) in [7, 11) is 3.17. The molecule has 0 bridgehead atoms. The van der Waals surface area contributed by atoms with Crippen molar-refractivity contribution in [2.75, 3.05) is 31.3 Å². The fourth-order valence-corrected chi connectivity index (χ4v) is 3.83. The quantitative estimate of drug-likeness (QED) is 0.269. The van der Waals surface area contributed by atoms with Crippen LogP contribution in [0.5, 0.6) is 11.5 Å². The highest BCUT2D eigenvalue weighted by atomic mass is 19.1. The molecule has 0 aliphatic heterocycles. The van der Waals surface area contributed by atoms with Gasteiger partial charge in [0.2, 0.25) is 0 Å². The molecule has 0 saturated heterocycles. The van der Waals surface area contributed by atoms with E-state index in [4.69, 9.17) is 15.2 Å². The van der Waals surface area contributed by atoms with Crippen LogP contribution in [0.4, 0.5) is 20.7 Å². The van der Waals surface area contributed by atoms with Crippen LogP contribution < -0.4 is 31.2 Å². The van der Waals surface area contributed by atoms with Gasteiger partial charge in [0.25, 0.3) is 5.91 Å². The van der Waals surface area contributed by atoms with E-state index >= 15 is 0 Å². The Morgan fingerprint density at radius 1 is 1.05 bits per heavy atom. The Balaban J connectivity index is 1.59. The highest BCUT2D eigenvalue weighted by Crippen LogP contribution is 2.30. The van der Waals surface area contributed by atoms with Crippen molar-refractivity contribution in [1.82, 2.24) is 15.3 Å². The van der Waals surface area contributed by atoms with E-state index < -0.39 is 17.8 Å². The van der Waals surface area contributed by atoms with Gasteiger partial charge in [-0.05, 0) is 55.1 Å². The molecule has 1 atom stereocenters. The van der Waals surface area contributed by atoms with E-state index in [1.165, 1.54) is 25.6 Å². The second-order valence-corrected chi connectivity index (χ2v) is 7.98. The maximum Gasteiger partial charge on any atom is 0.410 e. The van der Waals surface area contributed by atoms with Crippen molar-refractivity contribution in [3.63, 3.8) is 0 Å². The molecule has 190 valence electrons. The van der Waals surface area contributed by atoms with Crippen LogP contribution >= 0.6 is 0 Å². The first-order valence-corrected chi connectivity index (χ1v) is 11.3. The Morgan fingerprint density at radius 3 is 2.59 bits per heavy atom. The minimum Gasteiger partial charge on any atom is -0.494 e. The van der Waals surface area contributed by atoms with Crippen LogP contribution in [0.3, 0.4) is 0 Å². The van der Waals surface area contributed by atoms with Gasteiger partial charge in [-0.2, -0.15) is 0 Å². The van der Waals surface area contributed by atoms with Gasteiger partial charge in [-0.25, -0.2) is 19.2 Å². The molecule has 1 heterocycles. The summed E-state index contributed by atoms with van der Waals surface area (Å²) in [4.78, 5) is 32.6. The molecular weight excluding hydrogens is 479 g/mol. The number of anilines is 2. The summed E-state index contributed by atoms with van der Waals surface area (Å²) in [5.41, 5.74) is 7.15. The van der Waals surface area contributed by atoms with Gasteiger partial charge in [-0.3, -0.25) is 4.79 Å². The van der Waals surface area contributed by atoms with Gasteiger partial charge in [-0.15, -0.1) is 0 Å². The standard InChI is InChI=1S/C26H25FN6O4/c1-29-13-20(33-24-18-7-4-8-22(37-26(28)35)23(18)30-14-31-24)15-5-3-6-17(11-15)32-25(34)16-9-10-21(36-2)19(27)12-16/h3-12,14,20,29H,13H2,1-2H3,(H2,28,35)(H,32,34)(H,30,31,33). The zero-order valence-corrected chi connectivity index (χ0v) is 20.1. The number of para-hydroxylation sites is 1. The van der Waals surface area contributed by atoms with E-state index in [0.717, 1.165) is 11.6 Å². The number of halogens is 1. The topological polar surface area (TPSA) is 140 Å². The van der Waals surface area contributed by atoms with Gasteiger partial charge in [0.05, 0.1) is 13.2 Å². The summed E-state index contributed by atoms with van der Waals surface area (Å²) < 4.78 is 24.0. The minimum absolute atomic E-state index is 0.0603. The number of carbonyl (C=O) groups is 2. The third-order valence-electron chi connectivity index (χ3n) is 5.52. The van der Waals surface area contributed by atoms with Gasteiger partial charge in [-0.1, -0.05) is 18.2 Å². The van der Waals surface area contributed by atoms with Crippen LogP contribution in [0.2, 0.25) is 0 Å². The number of aromatic nitrogens is 2. The van der Waals surface area contributed by atoms with Crippen molar-refractivity contribution in [1.29, 1.82) is 0 Å². The number of carbonyl (C=O) groups excluding carboxylic acids is 2. The van der Waals surface area contributed by atoms with Crippen molar-refractivity contribution in [2.24, 2.45) is 5.73 Å². The molecule has 0 fully saturated rings. The predicted octanol–water partition coefficient (Wildman–Crippen LogP) is 3.86. The molecule has 0 saturated carbocycles. The molecule has 10 nitrogen and oxygen atoms in total. The van der Waals surface area contributed by atoms with Crippen molar-refractivity contribution in [2.45, 2.75) is 6.04 Å². The van der Waals surface area contributed by atoms with Gasteiger partial charge in [0, 0.05) is 23.2 Å². The first-order valence-electron chi connectivity index (χ1n) is 11.3. The van der Waals surface area contributed by atoms with E-state index in [-0.39, 0.29) is 23.1 Å². The predicted molar refractivity (Wildman–Crippen MR) is 137 cm³/mol. The fourth-order valence-electron chi connectivity index (χ4n) is 3.83. The number of fused-ring (bicyclic) bond motifs is 1. The number of nitrogens with two attached hydrogens (primary N) is 1. The van der Waals surface area contributed by atoms with Crippen LogP contribution in [-0.2, 0) is 0 Å². The number of likely N-dealkylation sites (N-methyl/N-ethyl adjacent to an activating group) is 1. The third kappa shape index (κ3) is 5.90. The lowest BCUT2D eigenvalue weighted by Crippen LogP contribution is -2.24. The molecule has 1 unspecified atom stereocenters. The Morgan fingerprint density at radius 2 is 1.86 bits per heavy atom. The first-order chi connectivity index (χ1) is 17.9. The average Bonchev–Trinajstić information content (AvgIpc) is 2.88. The average molecular weight is 505 g/mol. The number of ether oxygens (including phenoxy) is 2. The number of nitrogens with one attached hydrogen (secondary N) is 3. The summed E-state index contributed by atoms with van der Waals surface area (Å²) in [6.45, 7) is 0.518. The van der Waals surface area contributed by atoms with Gasteiger partial charge in [0.15, 0.2) is 17.3 Å². The van der Waals surface area contributed by atoms with Gasteiger partial charge >= 0.3 is 6.09 Å². The Hall–Kier alpha value is -4.77. The highest BCUT2D eigenvalue weighted by molar-refractivity contribution is 6.04. The number of benzene rings is 3. The highest BCUT2D eigenvalue weighted by Gasteiger charge is 2.17. The molecule has 37 heavy (non-hydrogen) atoms. The molecule has 3 aromatic carbocycles. The molecule has 5 N–H and O–H groups in total. The van der Waals surface area contributed by atoms with Crippen molar-refractivity contribution in [3.8, 4) is 11.5 Å². The van der Waals surface area contributed by atoms with Crippen LogP contribution in [0, 0.1) is 5.82 Å². The van der Waals surface area contributed by atoms with E-state index in [0.29, 0.717) is 29.0 Å². The van der Waals surface area contributed by atoms with Crippen molar-refractivity contribution in [3.05, 3.63) is 83.9 Å². The van der Waals surface area contributed by atoms with Crippen LogP contribution in [0.1, 0.15) is 22.0 Å². The van der Waals surface area contributed by atoms with E-state index in [9.17, 15) is 14.0 Å². The molecule has 2 amide bonds. The fraction of sp³-hybridized carbons (Fsp3) is 0.154. The lowest BCUT2D eigenvalue weighted by molar-refractivity contribution is 0.102. The lowest BCUT2D eigenvalue weighted by Gasteiger charge is -2.21. The zero-order valence-electron chi connectivity index (χ0n) is 20.1. The summed E-state index contributed by atoms with van der Waals surface area (Å²) in [6, 6.07) is 16.1. The number of rotatable bonds is 9. The number of hydrogen-bond acceptors (Lipinski definition) is 8. The smallest absolute Gasteiger partial charge is 0.410 e. The van der Waals surface area contributed by atoms with Gasteiger partial charge in [0.1, 0.15) is 17.7 Å². The maximum atomic E-state index is 14.0. The van der Waals surface area contributed by atoms with E-state index in [1.807, 2.05) is 19.2 Å². The zero-order chi connectivity index (χ0) is 26.4. The summed E-state index contributed by atoms with van der Waals surface area (Å²) in [5.74, 6) is -0.280. The van der Waals surface area contributed by atoms with Crippen LogP contribution in [-0.4, -0.2) is 42.7 Å². The normalized spacial score (nSPS) is 11.5. The van der Waals surface area contributed by atoms with Crippen molar-refractivity contribution >= 4 is 34.4 Å². The third-order valence-corrected chi connectivity index (χ3v) is 5.52. The molecule has 0 spiro atoms. The van der Waals surface area contributed by atoms with Crippen LogP contribution in [0.15, 0.2) is 67.0 Å². The van der Waals surface area contributed by atoms with Crippen molar-refractivity contribution < 1.29 is 23.5 Å². The lowest BCUT2D eigenvalue weighted by atomic mass is 10.1. The monoisotopic (exact) mass is 504 g/mol. The number of hydrogen-bond donors (Lipinski definition) is 4. The van der Waals surface area contributed by atoms with E-state index in [1.54, 1.807) is 30.3 Å². The summed E-state index contributed by atoms with van der Waals surface area (Å²) >= 11 is 0. The van der Waals surface area contributed by atoms with Crippen LogP contribution in [0.25, 0.3) is 10.9 Å². The summed E-state index contributed by atoms with van der Waals surface area (Å²) in [5, 5.41) is 9.96. The number of primary amides is 1. The number of nitrogens with zero attached hydrogens (tertiary/aromatic N) is 2. The minimum atomic E-state index is -0.940. The Labute approximate surface area is 212 Å².